The molecular weight excluding hydrogens is 466 g/mol. The topological polar surface area (TPSA) is 97.8 Å². The summed E-state index contributed by atoms with van der Waals surface area (Å²) in [4.78, 5) is 16.5. The number of ether oxygens (including phenoxy) is 1. The summed E-state index contributed by atoms with van der Waals surface area (Å²) in [5.41, 5.74) is 8.25. The van der Waals surface area contributed by atoms with Gasteiger partial charge in [-0.3, -0.25) is 9.79 Å². The molecule has 0 saturated carbocycles. The zero-order chi connectivity index (χ0) is 26.3. The van der Waals surface area contributed by atoms with Crippen molar-refractivity contribution in [1.29, 1.82) is 0 Å². The number of hydrogen-bond acceptors (Lipinski definition) is 6. The lowest BCUT2D eigenvalue weighted by molar-refractivity contribution is -0.146. The van der Waals surface area contributed by atoms with Crippen LogP contribution in [0.1, 0.15) is 41.7 Å². The number of aliphatic carboxylic acids is 1. The van der Waals surface area contributed by atoms with Gasteiger partial charge in [-0.25, -0.2) is 0 Å². The molecule has 188 valence electrons. The highest BCUT2D eigenvalue weighted by atomic mass is 16.5. The maximum atomic E-state index is 11.6. The molecule has 1 N–H and O–H groups in total. The van der Waals surface area contributed by atoms with Crippen LogP contribution in [0.2, 0.25) is 0 Å². The zero-order valence-electron chi connectivity index (χ0n) is 21.6. The van der Waals surface area contributed by atoms with Crippen molar-refractivity contribution in [2.45, 2.75) is 40.5 Å². The summed E-state index contributed by atoms with van der Waals surface area (Å²) in [6, 6.07) is 17.7. The Morgan fingerprint density at radius 1 is 0.973 bits per heavy atom. The van der Waals surface area contributed by atoms with E-state index in [0.717, 1.165) is 56.1 Å². The van der Waals surface area contributed by atoms with E-state index in [1.807, 2.05) is 36.4 Å². The van der Waals surface area contributed by atoms with Crippen LogP contribution in [-0.4, -0.2) is 34.1 Å². The predicted molar refractivity (Wildman–Crippen MR) is 143 cm³/mol. The van der Waals surface area contributed by atoms with E-state index in [-0.39, 0.29) is 0 Å². The van der Waals surface area contributed by atoms with Crippen LogP contribution in [0.3, 0.4) is 0 Å². The average Bonchev–Trinajstić information content (AvgIpc) is 3.50. The number of aromatic nitrogens is 2. The van der Waals surface area contributed by atoms with Gasteiger partial charge in [0, 0.05) is 23.1 Å². The Bertz CT molecular complexity index is 1510. The molecule has 0 saturated heterocycles. The third-order valence-electron chi connectivity index (χ3n) is 6.81. The fraction of sp³-hybridized carbons (Fsp3) is 0.267. The van der Waals surface area contributed by atoms with Gasteiger partial charge >= 0.3 is 5.97 Å². The van der Waals surface area contributed by atoms with E-state index in [1.54, 1.807) is 21.0 Å². The number of aliphatic imine (C=N–C) groups is 1. The number of carboxylic acids is 1. The number of methoxy groups -OCH3 is 1. The maximum Gasteiger partial charge on any atom is 0.309 e. The molecule has 0 atom stereocenters. The summed E-state index contributed by atoms with van der Waals surface area (Å²) >= 11 is 0. The molecule has 1 aromatic heterocycles. The van der Waals surface area contributed by atoms with Crippen molar-refractivity contribution in [3.63, 3.8) is 0 Å². The van der Waals surface area contributed by atoms with Crippen LogP contribution in [0.15, 0.2) is 64.0 Å². The molecule has 0 bridgehead atoms. The number of carbonyl (C=O) groups is 1. The molecule has 2 heterocycles. The summed E-state index contributed by atoms with van der Waals surface area (Å²) < 4.78 is 11.2. The molecule has 7 heteroatoms. The van der Waals surface area contributed by atoms with Gasteiger partial charge in [0.25, 0.3) is 0 Å². The molecule has 7 nitrogen and oxygen atoms in total. The van der Waals surface area contributed by atoms with Crippen LogP contribution in [0.4, 0.5) is 5.69 Å². The van der Waals surface area contributed by atoms with Crippen molar-refractivity contribution in [3.8, 4) is 28.7 Å². The molecule has 3 aromatic carbocycles. The second kappa shape index (κ2) is 9.32. The standard InChI is InChI=1S/C30H29N3O4/c1-17-12-19(16-30(3,4)29(34)35)13-18(2)26(17)25-15-22-14-21(8-11-24(22)31-25)28-33-32-27(37-28)20-6-9-23(36-5)10-7-20/h6-14H,15-16H2,1-5H3,(H,34,35). The minimum Gasteiger partial charge on any atom is -0.497 e. The lowest BCUT2D eigenvalue weighted by Gasteiger charge is -2.21. The second-order valence-electron chi connectivity index (χ2n) is 10.2. The van der Waals surface area contributed by atoms with Crippen LogP contribution < -0.4 is 4.74 Å². The number of fused-ring (bicyclic) bond motifs is 1. The SMILES string of the molecule is COc1ccc(-c2nnc(-c3ccc4c(c3)CC(c3c(C)cc(CC(C)(C)C(=O)O)cc3C)=N4)o2)cc1. The van der Waals surface area contributed by atoms with Gasteiger partial charge in [-0.05, 0) is 98.8 Å². The lowest BCUT2D eigenvalue weighted by atomic mass is 9.83. The van der Waals surface area contributed by atoms with Crippen LogP contribution in [0, 0.1) is 19.3 Å². The Labute approximate surface area is 215 Å². The maximum absolute atomic E-state index is 11.6. The number of carboxylic acid groups (broad SMARTS) is 1. The van der Waals surface area contributed by atoms with Crippen LogP contribution in [0.5, 0.6) is 5.75 Å². The lowest BCUT2D eigenvalue weighted by Crippen LogP contribution is -2.26. The van der Waals surface area contributed by atoms with Crippen molar-refractivity contribution >= 4 is 17.4 Å². The minimum absolute atomic E-state index is 0.451. The van der Waals surface area contributed by atoms with Gasteiger partial charge < -0.3 is 14.3 Å². The highest BCUT2D eigenvalue weighted by Crippen LogP contribution is 2.35. The first-order chi connectivity index (χ1) is 17.6. The summed E-state index contributed by atoms with van der Waals surface area (Å²) in [6.07, 6.45) is 1.17. The first-order valence-electron chi connectivity index (χ1n) is 12.2. The number of rotatable bonds is 7. The molecule has 5 rings (SSSR count). The third kappa shape index (κ3) is 4.77. The van der Waals surface area contributed by atoms with Crippen LogP contribution in [0.25, 0.3) is 22.9 Å². The smallest absolute Gasteiger partial charge is 0.309 e. The van der Waals surface area contributed by atoms with E-state index in [4.69, 9.17) is 14.1 Å². The van der Waals surface area contributed by atoms with Gasteiger partial charge in [0.1, 0.15) is 5.75 Å². The number of nitrogens with zero attached hydrogens (tertiary/aromatic N) is 3. The highest BCUT2D eigenvalue weighted by molar-refractivity contribution is 6.08. The second-order valence-corrected chi connectivity index (χ2v) is 10.2. The quantitative estimate of drug-likeness (QED) is 0.320. The van der Waals surface area contributed by atoms with Crippen LogP contribution in [-0.2, 0) is 17.6 Å². The molecule has 37 heavy (non-hydrogen) atoms. The van der Waals surface area contributed by atoms with Gasteiger partial charge in [0.05, 0.1) is 23.9 Å². The number of aryl methyl sites for hydroxylation is 2. The Morgan fingerprint density at radius 2 is 1.59 bits per heavy atom. The normalized spacial score (nSPS) is 12.8. The van der Waals surface area contributed by atoms with E-state index in [9.17, 15) is 9.90 Å². The fourth-order valence-electron chi connectivity index (χ4n) is 4.87. The Kier molecular flexibility index (Phi) is 6.15. The largest absolute Gasteiger partial charge is 0.497 e. The van der Waals surface area contributed by atoms with Crippen molar-refractivity contribution < 1.29 is 19.1 Å². The predicted octanol–water partition coefficient (Wildman–Crippen LogP) is 6.36. The number of hydrogen-bond donors (Lipinski definition) is 1. The van der Waals surface area contributed by atoms with Gasteiger partial charge in [0.15, 0.2) is 0 Å². The van der Waals surface area contributed by atoms with E-state index in [1.165, 1.54) is 0 Å². The van der Waals surface area contributed by atoms with E-state index < -0.39 is 11.4 Å². The Hall–Kier alpha value is -4.26. The molecule has 0 aliphatic carbocycles. The molecule has 1 aliphatic heterocycles. The highest BCUT2D eigenvalue weighted by Gasteiger charge is 2.28. The first-order valence-corrected chi connectivity index (χ1v) is 12.2. The Balaban J connectivity index is 1.37. The summed E-state index contributed by atoms with van der Waals surface area (Å²) in [7, 11) is 1.63. The average molecular weight is 496 g/mol. The summed E-state index contributed by atoms with van der Waals surface area (Å²) in [5, 5.41) is 18.0. The van der Waals surface area contributed by atoms with E-state index in [0.29, 0.717) is 24.6 Å². The van der Waals surface area contributed by atoms with Gasteiger partial charge in [-0.1, -0.05) is 12.1 Å². The van der Waals surface area contributed by atoms with E-state index in [2.05, 4.69) is 42.2 Å². The van der Waals surface area contributed by atoms with Crippen molar-refractivity contribution in [2.75, 3.05) is 7.11 Å². The molecule has 0 radical (unpaired) electrons. The zero-order valence-corrected chi connectivity index (χ0v) is 21.6. The molecule has 0 amide bonds. The molecule has 0 spiro atoms. The Morgan fingerprint density at radius 3 is 2.22 bits per heavy atom. The van der Waals surface area contributed by atoms with Gasteiger partial charge in [-0.15, -0.1) is 10.2 Å². The summed E-state index contributed by atoms with van der Waals surface area (Å²) in [5.74, 6) is 0.880. The first kappa shape index (κ1) is 24.4. The van der Waals surface area contributed by atoms with Gasteiger partial charge in [-0.2, -0.15) is 0 Å². The van der Waals surface area contributed by atoms with Gasteiger partial charge in [0.2, 0.25) is 11.8 Å². The van der Waals surface area contributed by atoms with Crippen molar-refractivity contribution in [3.05, 3.63) is 82.4 Å². The van der Waals surface area contributed by atoms with E-state index >= 15 is 0 Å². The third-order valence-corrected chi connectivity index (χ3v) is 6.81. The monoisotopic (exact) mass is 495 g/mol. The summed E-state index contributed by atoms with van der Waals surface area (Å²) in [6.45, 7) is 7.64. The van der Waals surface area contributed by atoms with Crippen molar-refractivity contribution in [1.82, 2.24) is 10.2 Å². The molecule has 1 aliphatic rings. The number of benzene rings is 3. The molecule has 0 unspecified atom stereocenters. The molecular formula is C30H29N3O4. The minimum atomic E-state index is -0.820. The molecule has 0 fully saturated rings. The van der Waals surface area contributed by atoms with Crippen molar-refractivity contribution in [2.24, 2.45) is 10.4 Å². The van der Waals surface area contributed by atoms with Crippen LogP contribution >= 0.6 is 0 Å². The fourth-order valence-corrected chi connectivity index (χ4v) is 4.87. The molecule has 4 aromatic rings.